The van der Waals surface area contributed by atoms with E-state index in [-0.39, 0.29) is 47.3 Å². The first-order valence-corrected chi connectivity index (χ1v) is 20.4. The van der Waals surface area contributed by atoms with Crippen molar-refractivity contribution in [2.24, 2.45) is 28.6 Å². The highest BCUT2D eigenvalue weighted by Crippen LogP contribution is 2.71. The summed E-state index contributed by atoms with van der Waals surface area (Å²) >= 11 is 0. The van der Waals surface area contributed by atoms with Crippen molar-refractivity contribution in [1.29, 1.82) is 0 Å². The fourth-order valence-electron chi connectivity index (χ4n) is 11.9. The Morgan fingerprint density at radius 2 is 1.69 bits per heavy atom. The van der Waals surface area contributed by atoms with Gasteiger partial charge in [0.15, 0.2) is 28.8 Å². The lowest BCUT2D eigenvalue weighted by Crippen LogP contribution is -2.70. The zero-order chi connectivity index (χ0) is 42.8. The van der Waals surface area contributed by atoms with Crippen molar-refractivity contribution in [3.05, 3.63) is 56.7 Å². The van der Waals surface area contributed by atoms with Gasteiger partial charge >= 0.3 is 5.97 Å². The molecule has 58 heavy (non-hydrogen) atoms. The highest BCUT2D eigenvalue weighted by molar-refractivity contribution is 6.02. The van der Waals surface area contributed by atoms with Crippen LogP contribution in [0.25, 0.3) is 10.9 Å². The molecule has 4 N–H and O–H groups in total. The quantitative estimate of drug-likeness (QED) is 0.334. The molecule has 316 valence electrons. The summed E-state index contributed by atoms with van der Waals surface area (Å²) in [5.41, 5.74) is -6.59. The molecule has 4 fully saturated rings. The number of aryl methyl sites for hydroxylation is 1. The number of ether oxygens (including phenoxy) is 1. The zero-order valence-electron chi connectivity index (χ0n) is 34.9. The first-order valence-electron chi connectivity index (χ1n) is 20.4. The molecule has 12 nitrogen and oxygen atoms in total. The minimum Gasteiger partial charge on any atom is -0.487 e. The molecular formula is C44H57F2N3O9. The Morgan fingerprint density at radius 3 is 2.29 bits per heavy atom. The average molecular weight is 810 g/mol. The number of hydrogen-bond acceptors (Lipinski definition) is 10. The van der Waals surface area contributed by atoms with Gasteiger partial charge in [-0.25, -0.2) is 13.6 Å². The molecule has 2 aromatic rings. The van der Waals surface area contributed by atoms with Gasteiger partial charge in [0.05, 0.1) is 23.0 Å². The third-order valence-electron chi connectivity index (χ3n) is 15.1. The van der Waals surface area contributed by atoms with Crippen LogP contribution in [0.2, 0.25) is 0 Å². The summed E-state index contributed by atoms with van der Waals surface area (Å²) in [5, 5.41) is 43.1. The lowest BCUT2D eigenvalue weighted by molar-refractivity contribution is -0.223. The molecule has 1 aromatic carbocycles. The third-order valence-corrected chi connectivity index (χ3v) is 15.1. The maximum Gasteiger partial charge on any atom is 0.341 e. The SMILES string of the molecule is C[C@H]1C[C@H]2[C@@H]3CCC4=CC(=O)C=C[C@]4(C)[C@@]3(F)[C@@H](O)C[C@]2(C)[C@@]1(O)C(=O)C(C)(C)O.Cc1c(F)c(N2CCN(C)CC2)c2c3c1c(=O)c(C(=O)O)c(C)n3[C@@H](C)CO2. The molecule has 1 saturated heterocycles. The number of carboxylic acid groups (broad SMARTS) is 1. The van der Waals surface area contributed by atoms with Gasteiger partial charge in [0.25, 0.3) is 0 Å². The van der Waals surface area contributed by atoms with Crippen LogP contribution in [0.5, 0.6) is 5.75 Å². The van der Waals surface area contributed by atoms with Crippen molar-refractivity contribution in [3.63, 3.8) is 0 Å². The Labute approximate surface area is 337 Å². The normalized spacial score (nSPS) is 35.6. The Morgan fingerprint density at radius 1 is 1.05 bits per heavy atom. The first-order chi connectivity index (χ1) is 26.9. The van der Waals surface area contributed by atoms with Crippen LogP contribution < -0.4 is 15.1 Å². The number of benzene rings is 1. The number of anilines is 1. The molecule has 0 amide bonds. The number of halogens is 2. The number of aromatic nitrogens is 1. The van der Waals surface area contributed by atoms with E-state index in [9.17, 15) is 39.6 Å². The number of piperazine rings is 1. The molecule has 2 aliphatic heterocycles. The van der Waals surface area contributed by atoms with Gasteiger partial charge in [-0.1, -0.05) is 25.5 Å². The number of allylic oxidation sites excluding steroid dienone is 4. The number of Topliss-reactive ketones (excluding diaryl/α,β-unsaturated/α-hetero) is 1. The minimum absolute atomic E-state index is 0.0853. The second kappa shape index (κ2) is 13.8. The van der Waals surface area contributed by atoms with E-state index >= 15 is 8.78 Å². The van der Waals surface area contributed by atoms with Gasteiger partial charge in [-0.3, -0.25) is 14.4 Å². The molecule has 9 atom stereocenters. The summed E-state index contributed by atoms with van der Waals surface area (Å²) in [5.74, 6) is -3.68. The highest BCUT2D eigenvalue weighted by Gasteiger charge is 2.76. The van der Waals surface area contributed by atoms with E-state index in [1.807, 2.05) is 23.4 Å². The maximum absolute atomic E-state index is 17.0. The van der Waals surface area contributed by atoms with Crippen molar-refractivity contribution in [2.75, 3.05) is 44.7 Å². The van der Waals surface area contributed by atoms with E-state index in [1.165, 1.54) is 26.0 Å². The molecule has 0 radical (unpaired) electrons. The lowest BCUT2D eigenvalue weighted by Gasteiger charge is -2.62. The number of likely N-dealkylation sites (N-methyl/N-ethyl adjacent to an activating group) is 1. The number of nitrogens with zero attached hydrogens (tertiary/aromatic N) is 3. The number of aliphatic hydroxyl groups excluding tert-OH is 1. The fraction of sp³-hybridized carbons (Fsp3) is 0.636. The van der Waals surface area contributed by atoms with Crippen LogP contribution in [0, 0.1) is 48.2 Å². The van der Waals surface area contributed by atoms with Crippen LogP contribution >= 0.6 is 0 Å². The minimum atomic E-state index is -2.00. The molecule has 3 heterocycles. The monoisotopic (exact) mass is 809 g/mol. The first kappa shape index (κ1) is 42.2. The van der Waals surface area contributed by atoms with E-state index < -0.39 is 68.6 Å². The summed E-state index contributed by atoms with van der Waals surface area (Å²) in [6.07, 6.45) is 4.37. The van der Waals surface area contributed by atoms with Crippen LogP contribution in [0.1, 0.15) is 94.9 Å². The molecule has 4 aliphatic carbocycles. The molecule has 8 rings (SSSR count). The van der Waals surface area contributed by atoms with Crippen LogP contribution in [-0.2, 0) is 9.59 Å². The van der Waals surface area contributed by atoms with Crippen molar-refractivity contribution in [2.45, 2.75) is 110 Å². The molecular weight excluding hydrogens is 752 g/mol. The Kier molecular flexibility index (Phi) is 10.0. The number of rotatable bonds is 4. The predicted molar refractivity (Wildman–Crippen MR) is 214 cm³/mol. The third kappa shape index (κ3) is 5.63. The molecule has 0 unspecified atom stereocenters. The van der Waals surface area contributed by atoms with Gasteiger partial charge < -0.3 is 39.5 Å². The molecule has 0 bridgehead atoms. The number of carboxylic acids is 1. The summed E-state index contributed by atoms with van der Waals surface area (Å²) in [6, 6.07) is -0.168. The highest BCUT2D eigenvalue weighted by atomic mass is 19.1. The maximum atomic E-state index is 17.0. The number of alkyl halides is 1. The Bertz CT molecular complexity index is 2240. The number of hydrogen-bond donors (Lipinski definition) is 4. The van der Waals surface area contributed by atoms with E-state index in [4.69, 9.17) is 4.74 Å². The van der Waals surface area contributed by atoms with Crippen molar-refractivity contribution < 1.29 is 48.3 Å². The lowest BCUT2D eigenvalue weighted by atomic mass is 9.44. The van der Waals surface area contributed by atoms with Gasteiger partial charge in [-0.2, -0.15) is 0 Å². The average Bonchev–Trinajstić information content (AvgIpc) is 3.34. The van der Waals surface area contributed by atoms with Gasteiger partial charge in [0.2, 0.25) is 5.43 Å². The van der Waals surface area contributed by atoms with Crippen LogP contribution in [0.15, 0.2) is 28.6 Å². The smallest absolute Gasteiger partial charge is 0.341 e. The van der Waals surface area contributed by atoms with Crippen molar-refractivity contribution in [1.82, 2.24) is 9.47 Å². The number of aromatic carboxylic acids is 1. The van der Waals surface area contributed by atoms with E-state index in [0.717, 1.165) is 13.1 Å². The second-order valence-corrected chi connectivity index (χ2v) is 18.8. The van der Waals surface area contributed by atoms with Crippen molar-refractivity contribution >= 4 is 34.1 Å². The van der Waals surface area contributed by atoms with E-state index in [1.54, 1.807) is 40.7 Å². The van der Waals surface area contributed by atoms with Crippen LogP contribution in [-0.4, -0.2) is 110 Å². The topological polar surface area (TPSA) is 170 Å². The largest absolute Gasteiger partial charge is 0.487 e. The number of pyridine rings is 1. The predicted octanol–water partition coefficient (Wildman–Crippen LogP) is 4.84. The zero-order valence-corrected chi connectivity index (χ0v) is 34.9. The van der Waals surface area contributed by atoms with Crippen LogP contribution in [0.4, 0.5) is 14.5 Å². The fourth-order valence-corrected chi connectivity index (χ4v) is 11.9. The number of ketones is 2. The molecule has 0 spiro atoms. The van der Waals surface area contributed by atoms with Gasteiger partial charge in [-0.15, -0.1) is 0 Å². The van der Waals surface area contributed by atoms with E-state index in [2.05, 4.69) is 4.90 Å². The van der Waals surface area contributed by atoms with Gasteiger partial charge in [0, 0.05) is 54.2 Å². The Hall–Kier alpha value is -3.98. The number of fused-ring (bicyclic) bond motifs is 5. The second-order valence-electron chi connectivity index (χ2n) is 18.8. The number of aliphatic hydroxyl groups is 3. The van der Waals surface area contributed by atoms with E-state index in [0.29, 0.717) is 60.6 Å². The Balaban J connectivity index is 0.000000177. The summed E-state index contributed by atoms with van der Waals surface area (Å²) in [7, 11) is 2.02. The summed E-state index contributed by atoms with van der Waals surface area (Å²) < 4.78 is 40.3. The standard InChI is InChI=1S/C24H33FO5.C20H24FN3O4/c1-13-10-17-16-7-6-14-11-15(26)8-9-21(14,4)23(16,25)18(27)12-22(17,5)24(13,30)19(28)20(2,3)29;1-10-9-28-19-16-13(18(25)14(20(26)27)12(3)24(10)16)11(2)15(21)17(19)23-7-5-22(4)6-8-23/h8-9,11,13,16-18,27,29-30H,6-7,10,12H2,1-5H3;10H,5-9H2,1-4H3,(H,26,27)/t13-,16-,17-,18-,21-,22-,23-,24-;10-/m00/s1. The molecule has 1 aromatic heterocycles. The van der Waals surface area contributed by atoms with Gasteiger partial charge in [-0.05, 0) is 98.3 Å². The summed E-state index contributed by atoms with van der Waals surface area (Å²) in [6.45, 7) is 16.3. The molecule has 6 aliphatic rings. The number of carbonyl (C=O) groups excluding carboxylic acids is 2. The van der Waals surface area contributed by atoms with Crippen molar-refractivity contribution in [3.8, 4) is 5.75 Å². The van der Waals surface area contributed by atoms with Crippen LogP contribution in [0.3, 0.4) is 0 Å². The molecule has 3 saturated carbocycles. The number of carbonyl (C=O) groups is 3. The van der Waals surface area contributed by atoms with Gasteiger partial charge in [0.1, 0.15) is 29.1 Å². The summed E-state index contributed by atoms with van der Waals surface area (Å²) in [4.78, 5) is 54.0. The molecule has 14 heteroatoms.